The van der Waals surface area contributed by atoms with Crippen LogP contribution < -0.4 is 20.1 Å². The normalized spacial score (nSPS) is 10.6. The third-order valence-corrected chi connectivity index (χ3v) is 3.81. The maximum absolute atomic E-state index is 12.7. The van der Waals surface area contributed by atoms with Crippen molar-refractivity contribution in [2.75, 3.05) is 52.0 Å². The van der Waals surface area contributed by atoms with Gasteiger partial charge in [-0.25, -0.2) is 9.97 Å². The van der Waals surface area contributed by atoms with Gasteiger partial charge in [-0.1, -0.05) is 0 Å². The highest BCUT2D eigenvalue weighted by Crippen LogP contribution is 2.29. The van der Waals surface area contributed by atoms with Crippen LogP contribution >= 0.6 is 0 Å². The van der Waals surface area contributed by atoms with E-state index in [1.165, 1.54) is 0 Å². The van der Waals surface area contributed by atoms with E-state index in [4.69, 9.17) is 9.47 Å². The van der Waals surface area contributed by atoms with Crippen molar-refractivity contribution in [2.45, 2.75) is 13.3 Å². The van der Waals surface area contributed by atoms with Gasteiger partial charge in [0.15, 0.2) is 0 Å². The van der Waals surface area contributed by atoms with Crippen LogP contribution in [-0.2, 0) is 0 Å². The molecule has 0 fully saturated rings. The Labute approximate surface area is 159 Å². The maximum atomic E-state index is 12.7. The van der Waals surface area contributed by atoms with Crippen LogP contribution in [0.15, 0.2) is 24.3 Å². The number of nitrogens with zero attached hydrogens (tertiary/aromatic N) is 3. The summed E-state index contributed by atoms with van der Waals surface area (Å²) in [7, 11) is 7.16. The van der Waals surface area contributed by atoms with Gasteiger partial charge < -0.3 is 25.0 Å². The molecule has 146 valence electrons. The molecule has 2 N–H and O–H groups in total. The predicted molar refractivity (Wildman–Crippen MR) is 106 cm³/mol. The molecule has 1 aromatic heterocycles. The van der Waals surface area contributed by atoms with Gasteiger partial charge in [0, 0.05) is 18.3 Å². The molecule has 2 aromatic rings. The number of carbonyl (C=O) groups is 1. The topological polar surface area (TPSA) is 88.6 Å². The van der Waals surface area contributed by atoms with Crippen molar-refractivity contribution in [3.05, 3.63) is 35.7 Å². The molecule has 8 heteroatoms. The van der Waals surface area contributed by atoms with Gasteiger partial charge in [-0.15, -0.1) is 0 Å². The van der Waals surface area contributed by atoms with Crippen molar-refractivity contribution in [1.29, 1.82) is 0 Å². The summed E-state index contributed by atoms with van der Waals surface area (Å²) in [5, 5.41) is 5.99. The Bertz CT molecular complexity index is 780. The zero-order chi connectivity index (χ0) is 19.8. The van der Waals surface area contributed by atoms with E-state index in [1.54, 1.807) is 38.5 Å². The van der Waals surface area contributed by atoms with Crippen LogP contribution in [0, 0.1) is 6.92 Å². The summed E-state index contributed by atoms with van der Waals surface area (Å²) in [4.78, 5) is 23.4. The number of aromatic nitrogens is 2. The molecule has 0 saturated heterocycles. The van der Waals surface area contributed by atoms with Crippen molar-refractivity contribution in [1.82, 2.24) is 14.9 Å². The van der Waals surface area contributed by atoms with E-state index < -0.39 is 0 Å². The smallest absolute Gasteiger partial charge is 0.274 e. The number of methoxy groups -OCH3 is 2. The molecule has 0 saturated carbocycles. The summed E-state index contributed by atoms with van der Waals surface area (Å²) in [5.41, 5.74) is 1.50. The van der Waals surface area contributed by atoms with Gasteiger partial charge in [-0.05, 0) is 52.2 Å². The van der Waals surface area contributed by atoms with Crippen molar-refractivity contribution in [2.24, 2.45) is 0 Å². The number of hydrogen-bond donors (Lipinski definition) is 2. The van der Waals surface area contributed by atoms with Gasteiger partial charge in [-0.3, -0.25) is 4.79 Å². The van der Waals surface area contributed by atoms with Crippen LogP contribution in [0.1, 0.15) is 22.6 Å². The van der Waals surface area contributed by atoms with Crippen LogP contribution in [-0.4, -0.2) is 62.2 Å². The Kier molecular flexibility index (Phi) is 7.36. The largest absolute Gasteiger partial charge is 0.497 e. The number of amides is 1. The van der Waals surface area contributed by atoms with E-state index >= 15 is 0 Å². The van der Waals surface area contributed by atoms with E-state index in [0.29, 0.717) is 28.8 Å². The Balaban J connectivity index is 2.12. The molecule has 0 aliphatic carbocycles. The summed E-state index contributed by atoms with van der Waals surface area (Å²) in [6, 6.07) is 6.84. The van der Waals surface area contributed by atoms with Crippen LogP contribution in [0.4, 0.5) is 11.6 Å². The van der Waals surface area contributed by atoms with Crippen LogP contribution in [0.5, 0.6) is 11.5 Å². The number of nitrogens with one attached hydrogen (secondary N) is 2. The number of carbonyl (C=O) groups excluding carboxylic acids is 1. The van der Waals surface area contributed by atoms with E-state index in [2.05, 4.69) is 25.5 Å². The molecule has 0 spiro atoms. The molecule has 0 atom stereocenters. The Morgan fingerprint density at radius 2 is 1.93 bits per heavy atom. The van der Waals surface area contributed by atoms with Gasteiger partial charge in [-0.2, -0.15) is 0 Å². The molecular formula is C19H27N5O3. The second-order valence-corrected chi connectivity index (χ2v) is 6.32. The molecule has 0 aliphatic rings. The summed E-state index contributed by atoms with van der Waals surface area (Å²) in [6.07, 6.45) is 0.951. The monoisotopic (exact) mass is 373 g/mol. The zero-order valence-electron chi connectivity index (χ0n) is 16.5. The van der Waals surface area contributed by atoms with Gasteiger partial charge >= 0.3 is 0 Å². The molecule has 8 nitrogen and oxygen atoms in total. The van der Waals surface area contributed by atoms with E-state index in [9.17, 15) is 4.79 Å². The number of anilines is 2. The standard InChI is InChI=1S/C19H27N5O3/c1-13-11-16(23-19(21-13)20-9-6-10-24(2)3)18(25)22-15-12-14(26-4)7-8-17(15)27-5/h7-8,11-12H,6,9-10H2,1-5H3,(H,22,25)(H,20,21,23). The predicted octanol–water partition coefficient (Wildman–Crippen LogP) is 2.42. The van der Waals surface area contributed by atoms with E-state index in [-0.39, 0.29) is 11.6 Å². The average molecular weight is 373 g/mol. The zero-order valence-corrected chi connectivity index (χ0v) is 16.5. The molecule has 27 heavy (non-hydrogen) atoms. The highest BCUT2D eigenvalue weighted by molar-refractivity contribution is 6.04. The van der Waals surface area contributed by atoms with Crippen molar-refractivity contribution < 1.29 is 14.3 Å². The minimum absolute atomic E-state index is 0.280. The number of ether oxygens (including phenoxy) is 2. The number of benzene rings is 1. The molecule has 2 rings (SSSR count). The molecule has 1 amide bonds. The Morgan fingerprint density at radius 3 is 2.59 bits per heavy atom. The first kappa shape index (κ1) is 20.4. The van der Waals surface area contributed by atoms with E-state index in [0.717, 1.165) is 19.5 Å². The van der Waals surface area contributed by atoms with Gasteiger partial charge in [0.1, 0.15) is 17.2 Å². The fraction of sp³-hybridized carbons (Fsp3) is 0.421. The summed E-state index contributed by atoms with van der Waals surface area (Å²) >= 11 is 0. The third kappa shape index (κ3) is 6.10. The molecule has 0 radical (unpaired) electrons. The lowest BCUT2D eigenvalue weighted by molar-refractivity contribution is 0.102. The summed E-state index contributed by atoms with van der Waals surface area (Å²) < 4.78 is 10.5. The average Bonchev–Trinajstić information content (AvgIpc) is 2.64. The number of rotatable bonds is 9. The summed E-state index contributed by atoms with van der Waals surface area (Å²) in [6.45, 7) is 3.52. The van der Waals surface area contributed by atoms with Gasteiger partial charge in [0.2, 0.25) is 5.95 Å². The number of aryl methyl sites for hydroxylation is 1. The highest BCUT2D eigenvalue weighted by atomic mass is 16.5. The SMILES string of the molecule is COc1ccc(OC)c(NC(=O)c2cc(C)nc(NCCCN(C)C)n2)c1. The highest BCUT2D eigenvalue weighted by Gasteiger charge is 2.14. The lowest BCUT2D eigenvalue weighted by Crippen LogP contribution is -2.19. The first-order valence-electron chi connectivity index (χ1n) is 8.70. The Hall–Kier alpha value is -2.87. The van der Waals surface area contributed by atoms with Crippen LogP contribution in [0.25, 0.3) is 0 Å². The van der Waals surface area contributed by atoms with E-state index in [1.807, 2.05) is 21.0 Å². The second kappa shape index (κ2) is 9.72. The lowest BCUT2D eigenvalue weighted by atomic mass is 10.2. The Morgan fingerprint density at radius 1 is 1.15 bits per heavy atom. The first-order chi connectivity index (χ1) is 12.9. The minimum Gasteiger partial charge on any atom is -0.497 e. The molecule has 1 aromatic carbocycles. The second-order valence-electron chi connectivity index (χ2n) is 6.32. The van der Waals surface area contributed by atoms with Crippen LogP contribution in [0.2, 0.25) is 0 Å². The molecule has 0 aliphatic heterocycles. The fourth-order valence-corrected chi connectivity index (χ4v) is 2.46. The fourth-order valence-electron chi connectivity index (χ4n) is 2.46. The van der Waals surface area contributed by atoms with Gasteiger partial charge in [0.05, 0.1) is 19.9 Å². The molecule has 1 heterocycles. The van der Waals surface area contributed by atoms with Crippen molar-refractivity contribution in [3.8, 4) is 11.5 Å². The third-order valence-electron chi connectivity index (χ3n) is 3.81. The summed E-state index contributed by atoms with van der Waals surface area (Å²) in [5.74, 6) is 1.25. The molecule has 0 bridgehead atoms. The lowest BCUT2D eigenvalue weighted by Gasteiger charge is -2.13. The minimum atomic E-state index is -0.344. The van der Waals surface area contributed by atoms with Crippen LogP contribution in [0.3, 0.4) is 0 Å². The molecule has 0 unspecified atom stereocenters. The number of hydrogen-bond acceptors (Lipinski definition) is 7. The van der Waals surface area contributed by atoms with Crippen molar-refractivity contribution in [3.63, 3.8) is 0 Å². The molecular weight excluding hydrogens is 346 g/mol. The quantitative estimate of drug-likeness (QED) is 0.653. The van der Waals surface area contributed by atoms with Gasteiger partial charge in [0.25, 0.3) is 5.91 Å². The first-order valence-corrected chi connectivity index (χ1v) is 8.70. The maximum Gasteiger partial charge on any atom is 0.274 e. The van der Waals surface area contributed by atoms with Crippen molar-refractivity contribution >= 4 is 17.5 Å².